The van der Waals surface area contributed by atoms with E-state index in [2.05, 4.69) is 0 Å². The van der Waals surface area contributed by atoms with Crippen LogP contribution in [0.25, 0.3) is 0 Å². The predicted octanol–water partition coefficient (Wildman–Crippen LogP) is 3.80. The van der Waals surface area contributed by atoms with Gasteiger partial charge in [0.15, 0.2) is 0 Å². The van der Waals surface area contributed by atoms with Gasteiger partial charge in [-0.1, -0.05) is 31.5 Å². The van der Waals surface area contributed by atoms with Gasteiger partial charge in [-0.25, -0.2) is 0 Å². The second-order valence-electron chi connectivity index (χ2n) is 6.19. The average Bonchev–Trinajstić information content (AvgIpc) is 2.91. The molecule has 1 N–H and O–H groups in total. The van der Waals surface area contributed by atoms with Gasteiger partial charge in [-0.05, 0) is 23.6 Å². The maximum absolute atomic E-state index is 13.0. The summed E-state index contributed by atoms with van der Waals surface area (Å²) in [6.45, 7) is 2.72. The van der Waals surface area contributed by atoms with Gasteiger partial charge in [0.25, 0.3) is 5.91 Å². The standard InChI is InChI=1S/C16H17ClF3NO3/c1-8(2)10-4-3-9(5-13(10)17)14(22)21-6-11(15(23)24)12(7-21)16(18,19)20/h3-5,8,11-12H,6-7H2,1-2H3,(H,23,24)/t11-,12-/m1/s1. The molecule has 1 aromatic rings. The summed E-state index contributed by atoms with van der Waals surface area (Å²) in [5.74, 6) is -5.78. The second kappa shape index (κ2) is 6.63. The van der Waals surface area contributed by atoms with Crippen molar-refractivity contribution in [3.63, 3.8) is 0 Å². The zero-order chi connectivity index (χ0) is 18.2. The topological polar surface area (TPSA) is 57.6 Å². The smallest absolute Gasteiger partial charge is 0.394 e. The van der Waals surface area contributed by atoms with Crippen molar-refractivity contribution in [2.45, 2.75) is 25.9 Å². The van der Waals surface area contributed by atoms with Gasteiger partial charge in [0.05, 0.1) is 11.8 Å². The number of likely N-dealkylation sites (tertiary alicyclic amines) is 1. The van der Waals surface area contributed by atoms with E-state index in [1.54, 1.807) is 6.07 Å². The van der Waals surface area contributed by atoms with Gasteiger partial charge in [0.1, 0.15) is 0 Å². The van der Waals surface area contributed by atoms with Gasteiger partial charge >= 0.3 is 12.1 Å². The number of hydrogen-bond acceptors (Lipinski definition) is 2. The highest BCUT2D eigenvalue weighted by atomic mass is 35.5. The normalized spacial score (nSPS) is 21.4. The largest absolute Gasteiger partial charge is 0.481 e. The Morgan fingerprint density at radius 1 is 1.29 bits per heavy atom. The van der Waals surface area contributed by atoms with Crippen LogP contribution in [0.15, 0.2) is 18.2 Å². The number of carboxylic acid groups (broad SMARTS) is 1. The van der Waals surface area contributed by atoms with Crippen molar-refractivity contribution >= 4 is 23.5 Å². The predicted molar refractivity (Wildman–Crippen MR) is 82.1 cm³/mol. The van der Waals surface area contributed by atoms with Crippen molar-refractivity contribution in [3.05, 3.63) is 34.3 Å². The van der Waals surface area contributed by atoms with E-state index in [-0.39, 0.29) is 11.5 Å². The van der Waals surface area contributed by atoms with Gasteiger partial charge in [0, 0.05) is 23.7 Å². The molecule has 0 bridgehead atoms. The summed E-state index contributed by atoms with van der Waals surface area (Å²) in [5, 5.41) is 9.36. The molecule has 0 unspecified atom stereocenters. The van der Waals surface area contributed by atoms with Gasteiger partial charge in [0.2, 0.25) is 0 Å². The molecule has 8 heteroatoms. The third kappa shape index (κ3) is 3.66. The minimum absolute atomic E-state index is 0.138. The van der Waals surface area contributed by atoms with E-state index < -0.39 is 43.0 Å². The molecule has 24 heavy (non-hydrogen) atoms. The van der Waals surface area contributed by atoms with Crippen molar-refractivity contribution in [3.8, 4) is 0 Å². The lowest BCUT2D eigenvalue weighted by atomic mass is 9.96. The fourth-order valence-corrected chi connectivity index (χ4v) is 3.26. The zero-order valence-electron chi connectivity index (χ0n) is 13.1. The van der Waals surface area contributed by atoms with E-state index in [1.807, 2.05) is 13.8 Å². The molecule has 132 valence electrons. The van der Waals surface area contributed by atoms with Crippen LogP contribution in [0.2, 0.25) is 5.02 Å². The number of carbonyl (C=O) groups excluding carboxylic acids is 1. The molecule has 1 amide bonds. The molecule has 1 heterocycles. The highest BCUT2D eigenvalue weighted by molar-refractivity contribution is 6.31. The number of aliphatic carboxylic acids is 1. The number of carbonyl (C=O) groups is 2. The third-order valence-electron chi connectivity index (χ3n) is 4.21. The Bertz CT molecular complexity index is 660. The Morgan fingerprint density at radius 3 is 2.33 bits per heavy atom. The first-order valence-electron chi connectivity index (χ1n) is 7.40. The fourth-order valence-electron chi connectivity index (χ4n) is 2.86. The number of carboxylic acids is 1. The van der Waals surface area contributed by atoms with Crippen molar-refractivity contribution < 1.29 is 27.9 Å². The minimum atomic E-state index is -4.67. The van der Waals surface area contributed by atoms with Crippen LogP contribution in [-0.2, 0) is 4.79 Å². The number of benzene rings is 1. The SMILES string of the molecule is CC(C)c1ccc(C(=O)N2C[C@@H](C(F)(F)F)[C@H](C(=O)O)C2)cc1Cl. The Labute approximate surface area is 142 Å². The van der Waals surface area contributed by atoms with Crippen LogP contribution < -0.4 is 0 Å². The van der Waals surface area contributed by atoms with Crippen molar-refractivity contribution in [2.75, 3.05) is 13.1 Å². The Hall–Kier alpha value is -1.76. The summed E-state index contributed by atoms with van der Waals surface area (Å²) in [7, 11) is 0. The van der Waals surface area contributed by atoms with Crippen LogP contribution in [0, 0.1) is 11.8 Å². The summed E-state index contributed by atoms with van der Waals surface area (Å²) < 4.78 is 39.0. The third-order valence-corrected chi connectivity index (χ3v) is 4.54. The Balaban J connectivity index is 2.25. The molecule has 1 aliphatic heterocycles. The summed E-state index contributed by atoms with van der Waals surface area (Å²) in [4.78, 5) is 24.4. The molecule has 0 aliphatic carbocycles. The minimum Gasteiger partial charge on any atom is -0.481 e. The summed E-state index contributed by atoms with van der Waals surface area (Å²) in [6.07, 6.45) is -4.67. The monoisotopic (exact) mass is 363 g/mol. The summed E-state index contributed by atoms with van der Waals surface area (Å²) >= 11 is 6.11. The molecule has 4 nitrogen and oxygen atoms in total. The number of hydrogen-bond donors (Lipinski definition) is 1. The molecule has 1 aliphatic rings. The lowest BCUT2D eigenvalue weighted by molar-refractivity contribution is -0.187. The quantitative estimate of drug-likeness (QED) is 0.888. The van der Waals surface area contributed by atoms with Crippen molar-refractivity contribution in [1.29, 1.82) is 0 Å². The number of alkyl halides is 3. The molecule has 0 radical (unpaired) electrons. The summed E-state index contributed by atoms with van der Waals surface area (Å²) in [5.41, 5.74) is 0.975. The van der Waals surface area contributed by atoms with E-state index in [0.717, 1.165) is 10.5 Å². The zero-order valence-corrected chi connectivity index (χ0v) is 13.9. The lowest BCUT2D eigenvalue weighted by Gasteiger charge is -2.19. The number of rotatable bonds is 3. The molecule has 0 saturated carbocycles. The van der Waals surface area contributed by atoms with E-state index >= 15 is 0 Å². The molecule has 1 aromatic carbocycles. The second-order valence-corrected chi connectivity index (χ2v) is 6.60. The first-order valence-corrected chi connectivity index (χ1v) is 7.78. The van der Waals surface area contributed by atoms with Gasteiger partial charge < -0.3 is 10.0 Å². The van der Waals surface area contributed by atoms with Crippen molar-refractivity contribution in [2.24, 2.45) is 11.8 Å². The lowest BCUT2D eigenvalue weighted by Crippen LogP contribution is -2.34. The van der Waals surface area contributed by atoms with Gasteiger partial charge in [-0.15, -0.1) is 0 Å². The highest BCUT2D eigenvalue weighted by Crippen LogP contribution is 2.38. The highest BCUT2D eigenvalue weighted by Gasteiger charge is 2.53. The molecule has 2 rings (SSSR count). The molecular weight excluding hydrogens is 347 g/mol. The van der Waals surface area contributed by atoms with Crippen LogP contribution in [0.5, 0.6) is 0 Å². The molecule has 0 spiro atoms. The number of amides is 1. The van der Waals surface area contributed by atoms with Crippen LogP contribution in [-0.4, -0.2) is 41.1 Å². The molecule has 1 saturated heterocycles. The van der Waals surface area contributed by atoms with Crippen LogP contribution in [0.4, 0.5) is 13.2 Å². The van der Waals surface area contributed by atoms with Gasteiger partial charge in [-0.2, -0.15) is 13.2 Å². The Kier molecular flexibility index (Phi) is 5.13. The van der Waals surface area contributed by atoms with E-state index in [1.165, 1.54) is 12.1 Å². The van der Waals surface area contributed by atoms with E-state index in [9.17, 15) is 22.8 Å². The number of halogens is 4. The van der Waals surface area contributed by atoms with Crippen LogP contribution in [0.1, 0.15) is 35.7 Å². The first-order chi connectivity index (χ1) is 11.0. The van der Waals surface area contributed by atoms with Crippen LogP contribution in [0.3, 0.4) is 0 Å². The Morgan fingerprint density at radius 2 is 1.92 bits per heavy atom. The first kappa shape index (κ1) is 18.6. The average molecular weight is 364 g/mol. The van der Waals surface area contributed by atoms with E-state index in [0.29, 0.717) is 5.02 Å². The van der Waals surface area contributed by atoms with Gasteiger partial charge in [-0.3, -0.25) is 9.59 Å². The van der Waals surface area contributed by atoms with E-state index in [4.69, 9.17) is 16.7 Å². The maximum Gasteiger partial charge on any atom is 0.394 e. The fraction of sp³-hybridized carbons (Fsp3) is 0.500. The molecular formula is C16H17ClF3NO3. The molecule has 0 aromatic heterocycles. The number of nitrogens with zero attached hydrogens (tertiary/aromatic N) is 1. The van der Waals surface area contributed by atoms with Crippen molar-refractivity contribution in [1.82, 2.24) is 4.90 Å². The summed E-state index contributed by atoms with van der Waals surface area (Å²) in [6, 6.07) is 4.57. The molecule has 1 fully saturated rings. The van der Waals surface area contributed by atoms with Crippen LogP contribution >= 0.6 is 11.6 Å². The maximum atomic E-state index is 13.0. The molecule has 2 atom stereocenters.